The van der Waals surface area contributed by atoms with Crippen LogP contribution in [0.5, 0.6) is 0 Å². The number of aryl methyl sites for hydroxylation is 1. The van der Waals surface area contributed by atoms with Gasteiger partial charge in [0.1, 0.15) is 11.5 Å². The highest BCUT2D eigenvalue weighted by molar-refractivity contribution is 7.92. The predicted octanol–water partition coefficient (Wildman–Crippen LogP) is 3.59. The minimum atomic E-state index is -3.86. The Morgan fingerprint density at radius 2 is 1.79 bits per heavy atom. The summed E-state index contributed by atoms with van der Waals surface area (Å²) in [5.41, 5.74) is 0.329. The van der Waals surface area contributed by atoms with E-state index in [4.69, 9.17) is 11.6 Å². The maximum absolute atomic E-state index is 13.6. The van der Waals surface area contributed by atoms with Crippen molar-refractivity contribution in [2.45, 2.75) is 11.8 Å². The highest BCUT2D eigenvalue weighted by Gasteiger charge is 2.19. The van der Waals surface area contributed by atoms with Crippen LogP contribution in [-0.4, -0.2) is 8.42 Å². The van der Waals surface area contributed by atoms with Gasteiger partial charge in [-0.2, -0.15) is 0 Å². The molecule has 0 saturated heterocycles. The van der Waals surface area contributed by atoms with Crippen LogP contribution in [0.15, 0.2) is 47.4 Å². The minimum Gasteiger partial charge on any atom is -0.275 e. The molecule has 0 atom stereocenters. The van der Waals surface area contributed by atoms with Crippen LogP contribution < -0.4 is 4.72 Å². The molecular weight excluding hydrogens is 289 g/mol. The van der Waals surface area contributed by atoms with Crippen molar-refractivity contribution in [3.8, 4) is 0 Å². The third-order valence-electron chi connectivity index (χ3n) is 2.58. The fraction of sp³-hybridized carbons (Fsp3) is 0.0769. The Bertz CT molecular complexity index is 696. The predicted molar refractivity (Wildman–Crippen MR) is 73.4 cm³/mol. The highest BCUT2D eigenvalue weighted by atomic mass is 35.5. The molecule has 0 bridgehead atoms. The van der Waals surface area contributed by atoms with Crippen LogP contribution in [0.3, 0.4) is 0 Å². The lowest BCUT2D eigenvalue weighted by molar-refractivity contribution is 0.598. The van der Waals surface area contributed by atoms with Crippen LogP contribution in [0, 0.1) is 12.7 Å². The van der Waals surface area contributed by atoms with Gasteiger partial charge in [-0.3, -0.25) is 4.72 Å². The molecule has 1 N–H and O–H groups in total. The number of anilines is 1. The zero-order valence-electron chi connectivity index (χ0n) is 10.0. The van der Waals surface area contributed by atoms with Crippen molar-refractivity contribution in [3.63, 3.8) is 0 Å². The van der Waals surface area contributed by atoms with Gasteiger partial charge < -0.3 is 0 Å². The van der Waals surface area contributed by atoms with Crippen LogP contribution in [0.1, 0.15) is 5.56 Å². The standard InChI is InChI=1S/C13H11ClFNO2S/c1-9-5-2-3-8-12(9)19(17,18)16-13-10(14)6-4-7-11(13)15/h2-8,16H,1H3. The summed E-state index contributed by atoms with van der Waals surface area (Å²) in [6.07, 6.45) is 0. The summed E-state index contributed by atoms with van der Waals surface area (Å²) in [4.78, 5) is 0.0920. The van der Waals surface area contributed by atoms with Gasteiger partial charge in [-0.05, 0) is 30.7 Å². The van der Waals surface area contributed by atoms with Crippen molar-refractivity contribution in [2.24, 2.45) is 0 Å². The first kappa shape index (κ1) is 13.8. The molecule has 100 valence electrons. The molecule has 0 aromatic heterocycles. The molecule has 0 aliphatic carbocycles. The van der Waals surface area contributed by atoms with Gasteiger partial charge in [0.2, 0.25) is 0 Å². The van der Waals surface area contributed by atoms with Gasteiger partial charge in [-0.15, -0.1) is 0 Å². The molecule has 0 unspecified atom stereocenters. The third-order valence-corrected chi connectivity index (χ3v) is 4.41. The zero-order chi connectivity index (χ0) is 14.0. The van der Waals surface area contributed by atoms with Gasteiger partial charge in [0.05, 0.1) is 9.92 Å². The average Bonchev–Trinajstić information content (AvgIpc) is 2.34. The van der Waals surface area contributed by atoms with Gasteiger partial charge >= 0.3 is 0 Å². The summed E-state index contributed by atoms with van der Waals surface area (Å²) in [7, 11) is -3.86. The lowest BCUT2D eigenvalue weighted by Crippen LogP contribution is -2.15. The molecule has 0 aliphatic rings. The first-order valence-electron chi connectivity index (χ1n) is 5.44. The topological polar surface area (TPSA) is 46.2 Å². The Kier molecular flexibility index (Phi) is 3.78. The molecule has 2 rings (SSSR count). The van der Waals surface area contributed by atoms with Crippen LogP contribution in [0.25, 0.3) is 0 Å². The van der Waals surface area contributed by atoms with E-state index in [-0.39, 0.29) is 15.6 Å². The van der Waals surface area contributed by atoms with E-state index in [0.717, 1.165) is 6.07 Å². The molecule has 0 spiro atoms. The van der Waals surface area contributed by atoms with Crippen LogP contribution in [-0.2, 0) is 10.0 Å². The molecule has 2 aromatic rings. The summed E-state index contributed by atoms with van der Waals surface area (Å²) >= 11 is 5.80. The molecule has 0 aliphatic heterocycles. The number of benzene rings is 2. The largest absolute Gasteiger partial charge is 0.275 e. The fourth-order valence-corrected chi connectivity index (χ4v) is 3.24. The van der Waals surface area contributed by atoms with E-state index >= 15 is 0 Å². The summed E-state index contributed by atoms with van der Waals surface area (Å²) < 4.78 is 40.1. The second-order valence-corrected chi connectivity index (χ2v) is 6.03. The van der Waals surface area contributed by atoms with Crippen molar-refractivity contribution in [3.05, 3.63) is 58.9 Å². The maximum atomic E-state index is 13.6. The molecule has 0 heterocycles. The van der Waals surface area contributed by atoms with Crippen molar-refractivity contribution >= 4 is 27.3 Å². The molecule has 0 saturated carbocycles. The van der Waals surface area contributed by atoms with Crippen molar-refractivity contribution < 1.29 is 12.8 Å². The van der Waals surface area contributed by atoms with Gasteiger partial charge in [0.15, 0.2) is 0 Å². The summed E-state index contributed by atoms with van der Waals surface area (Å²) in [5.74, 6) is -0.718. The number of rotatable bonds is 3. The lowest BCUT2D eigenvalue weighted by Gasteiger charge is -2.11. The van der Waals surface area contributed by atoms with Crippen LogP contribution in [0.4, 0.5) is 10.1 Å². The van der Waals surface area contributed by atoms with Gasteiger partial charge in [0, 0.05) is 0 Å². The van der Waals surface area contributed by atoms with Gasteiger partial charge in [-0.1, -0.05) is 35.9 Å². The zero-order valence-corrected chi connectivity index (χ0v) is 11.6. The molecule has 2 aromatic carbocycles. The molecule has 0 radical (unpaired) electrons. The Hall–Kier alpha value is -1.59. The van der Waals surface area contributed by atoms with Crippen molar-refractivity contribution in [2.75, 3.05) is 4.72 Å². The fourth-order valence-electron chi connectivity index (χ4n) is 1.64. The minimum absolute atomic E-state index is 0.0113. The third kappa shape index (κ3) is 2.88. The molecule has 19 heavy (non-hydrogen) atoms. The van der Waals surface area contributed by atoms with E-state index in [1.165, 1.54) is 18.2 Å². The first-order chi connectivity index (χ1) is 8.92. The molecule has 3 nitrogen and oxygen atoms in total. The number of sulfonamides is 1. The average molecular weight is 300 g/mol. The van der Waals surface area contributed by atoms with E-state index in [2.05, 4.69) is 4.72 Å². The quantitative estimate of drug-likeness (QED) is 0.941. The van der Waals surface area contributed by atoms with E-state index in [9.17, 15) is 12.8 Å². The van der Waals surface area contributed by atoms with Gasteiger partial charge in [-0.25, -0.2) is 12.8 Å². The van der Waals surface area contributed by atoms with E-state index in [0.29, 0.717) is 5.56 Å². The Labute approximate surface area is 116 Å². The van der Waals surface area contributed by atoms with Gasteiger partial charge in [0.25, 0.3) is 10.0 Å². The Morgan fingerprint density at radius 3 is 2.42 bits per heavy atom. The molecular formula is C13H11ClFNO2S. The monoisotopic (exact) mass is 299 g/mol. The van der Waals surface area contributed by atoms with E-state index in [1.807, 2.05) is 0 Å². The van der Waals surface area contributed by atoms with Crippen LogP contribution >= 0.6 is 11.6 Å². The Morgan fingerprint density at radius 1 is 1.11 bits per heavy atom. The number of hydrogen-bond acceptors (Lipinski definition) is 2. The summed E-state index contributed by atoms with van der Waals surface area (Å²) in [6, 6.07) is 10.4. The molecule has 6 heteroatoms. The maximum Gasteiger partial charge on any atom is 0.262 e. The van der Waals surface area contributed by atoms with Crippen molar-refractivity contribution in [1.29, 1.82) is 0 Å². The SMILES string of the molecule is Cc1ccccc1S(=O)(=O)Nc1c(F)cccc1Cl. The number of para-hydroxylation sites is 1. The molecule has 0 fully saturated rings. The normalized spacial score (nSPS) is 11.3. The lowest BCUT2D eigenvalue weighted by atomic mass is 10.2. The van der Waals surface area contributed by atoms with E-state index < -0.39 is 15.8 Å². The van der Waals surface area contributed by atoms with E-state index in [1.54, 1.807) is 25.1 Å². The number of hydrogen-bond donors (Lipinski definition) is 1. The number of nitrogens with one attached hydrogen (secondary N) is 1. The second kappa shape index (κ2) is 5.19. The van der Waals surface area contributed by atoms with Crippen molar-refractivity contribution in [1.82, 2.24) is 0 Å². The Balaban J connectivity index is 2.46. The first-order valence-corrected chi connectivity index (χ1v) is 7.30. The molecule has 0 amide bonds. The smallest absolute Gasteiger partial charge is 0.262 e. The van der Waals surface area contributed by atoms with Crippen LogP contribution in [0.2, 0.25) is 5.02 Å². The number of halogens is 2. The second-order valence-electron chi connectivity index (χ2n) is 3.97. The summed E-state index contributed by atoms with van der Waals surface area (Å²) in [5, 5.41) is 0.0113. The highest BCUT2D eigenvalue weighted by Crippen LogP contribution is 2.27. The summed E-state index contributed by atoms with van der Waals surface area (Å²) in [6.45, 7) is 1.66.